The van der Waals surface area contributed by atoms with Crippen LogP contribution in [0.15, 0.2) is 29.4 Å². The van der Waals surface area contributed by atoms with Crippen molar-refractivity contribution in [1.82, 2.24) is 5.43 Å². The van der Waals surface area contributed by atoms with E-state index in [2.05, 4.69) is 28.4 Å². The van der Waals surface area contributed by atoms with E-state index in [0.29, 0.717) is 0 Å². The lowest BCUT2D eigenvalue weighted by molar-refractivity contribution is 0.551. The van der Waals surface area contributed by atoms with Crippen molar-refractivity contribution in [3.05, 3.63) is 29.3 Å². The van der Waals surface area contributed by atoms with E-state index in [1.165, 1.54) is 64.2 Å². The van der Waals surface area contributed by atoms with Gasteiger partial charge in [0.2, 0.25) is 0 Å². The second-order valence-corrected chi connectivity index (χ2v) is 8.08. The molecule has 0 radical (unpaired) electrons. The number of unbranched alkanes of at least 4 members (excludes halogenated alkanes) is 10. The van der Waals surface area contributed by atoms with Crippen LogP contribution in [-0.2, 0) is 0 Å². The van der Waals surface area contributed by atoms with Crippen molar-refractivity contribution < 1.29 is 0 Å². The predicted octanol–water partition coefficient (Wildman–Crippen LogP) is 7.09. The Labute approximate surface area is 175 Å². The first-order valence-corrected chi connectivity index (χ1v) is 11.4. The molecule has 0 amide bonds. The quantitative estimate of drug-likeness (QED) is 0.263. The number of amidine groups is 1. The van der Waals surface area contributed by atoms with E-state index in [1.54, 1.807) is 5.37 Å². The van der Waals surface area contributed by atoms with E-state index in [9.17, 15) is 0 Å². The number of thiocarbonyl (C=S) groups is 1. The molecule has 0 bridgehead atoms. The fourth-order valence-corrected chi connectivity index (χ4v) is 3.93. The van der Waals surface area contributed by atoms with Crippen LogP contribution in [0.5, 0.6) is 0 Å². The van der Waals surface area contributed by atoms with Gasteiger partial charge >= 0.3 is 0 Å². The van der Waals surface area contributed by atoms with Gasteiger partial charge in [0.25, 0.3) is 0 Å². The zero-order chi connectivity index (χ0) is 19.3. The Hall–Kier alpha value is -1.13. The highest BCUT2D eigenvalue weighted by molar-refractivity contribution is 7.79. The van der Waals surface area contributed by atoms with Crippen molar-refractivity contribution in [2.45, 2.75) is 90.1 Å². The highest BCUT2D eigenvalue weighted by Crippen LogP contribution is 2.25. The topological polar surface area (TPSA) is 27.6 Å². The molecule has 0 aromatic heterocycles. The molecule has 1 aliphatic heterocycles. The Kier molecular flexibility index (Phi) is 10.8. The second kappa shape index (κ2) is 13.1. The molecule has 2 rings (SSSR count). The van der Waals surface area contributed by atoms with Gasteiger partial charge in [0.1, 0.15) is 12.0 Å². The number of nitrogens with zero attached hydrogens (tertiary/aromatic N) is 2. The first kappa shape index (κ1) is 22.2. The van der Waals surface area contributed by atoms with E-state index >= 15 is 0 Å². The molecule has 3 nitrogen and oxygen atoms in total. The molecular weight excluding hydrogens is 374 g/mol. The normalized spacial score (nSPS) is 16.3. The molecule has 1 aromatic carbocycles. The van der Waals surface area contributed by atoms with Crippen LogP contribution in [0, 0.1) is 0 Å². The summed E-state index contributed by atoms with van der Waals surface area (Å²) in [5.41, 5.74) is 4.17. The van der Waals surface area contributed by atoms with Gasteiger partial charge in [0.05, 0.1) is 0 Å². The van der Waals surface area contributed by atoms with Gasteiger partial charge in [0.15, 0.2) is 0 Å². The Bertz CT molecular complexity index is 591. The van der Waals surface area contributed by atoms with Gasteiger partial charge < -0.3 is 4.90 Å². The number of nitrogens with one attached hydrogen (secondary N) is 1. The third-order valence-electron chi connectivity index (χ3n) is 5.10. The molecule has 1 N–H and O–H groups in total. The fraction of sp³-hybridized carbons (Fsp3) is 0.636. The predicted molar refractivity (Wildman–Crippen MR) is 123 cm³/mol. The first-order valence-electron chi connectivity index (χ1n) is 10.6. The molecule has 1 heterocycles. The average Bonchev–Trinajstić information content (AvgIpc) is 3.09. The van der Waals surface area contributed by atoms with Gasteiger partial charge in [-0.1, -0.05) is 101 Å². The van der Waals surface area contributed by atoms with Gasteiger partial charge in [0, 0.05) is 22.5 Å². The number of halogens is 1. The molecule has 0 aliphatic carbocycles. The van der Waals surface area contributed by atoms with Crippen molar-refractivity contribution in [3.63, 3.8) is 0 Å². The minimum atomic E-state index is -0.0684. The Morgan fingerprint density at radius 1 is 1.04 bits per heavy atom. The third-order valence-corrected chi connectivity index (χ3v) is 5.59. The summed E-state index contributed by atoms with van der Waals surface area (Å²) in [5.74, 6) is 1.05. The van der Waals surface area contributed by atoms with E-state index in [1.807, 2.05) is 18.2 Å². The Morgan fingerprint density at radius 2 is 1.67 bits per heavy atom. The maximum atomic E-state index is 6.16. The van der Waals surface area contributed by atoms with Crippen LogP contribution in [0.1, 0.15) is 84.0 Å². The summed E-state index contributed by atoms with van der Waals surface area (Å²) in [7, 11) is 0. The molecule has 1 unspecified atom stereocenters. The smallest absolute Gasteiger partial charge is 0.150 e. The zero-order valence-corrected chi connectivity index (χ0v) is 18.2. The summed E-state index contributed by atoms with van der Waals surface area (Å²) < 4.78 is 0. The standard InChI is InChI=1S/C22H34ClN3S/c1-2-3-4-5-6-7-8-9-10-11-12-16-21-24-25-22(18-27)26(21)20-15-13-14-19(23)17-20/h13-15,17-18,22,25H,2-12,16H2,1H3. The molecule has 150 valence electrons. The summed E-state index contributed by atoms with van der Waals surface area (Å²) in [5, 5.41) is 6.96. The summed E-state index contributed by atoms with van der Waals surface area (Å²) in [6, 6.07) is 7.88. The van der Waals surface area contributed by atoms with Crippen LogP contribution in [0.25, 0.3) is 0 Å². The molecule has 1 atom stereocenters. The zero-order valence-electron chi connectivity index (χ0n) is 16.6. The van der Waals surface area contributed by atoms with E-state index in [-0.39, 0.29) is 6.17 Å². The maximum Gasteiger partial charge on any atom is 0.150 e. The minimum absolute atomic E-state index is 0.0684. The lowest BCUT2D eigenvalue weighted by atomic mass is 10.0. The van der Waals surface area contributed by atoms with Gasteiger partial charge in [-0.2, -0.15) is 5.10 Å². The molecule has 1 aliphatic rings. The van der Waals surface area contributed by atoms with Gasteiger partial charge in [-0.25, -0.2) is 0 Å². The van der Waals surface area contributed by atoms with Crippen molar-refractivity contribution in [2.75, 3.05) is 4.90 Å². The van der Waals surface area contributed by atoms with Crippen LogP contribution in [-0.4, -0.2) is 17.4 Å². The molecule has 1 aromatic rings. The van der Waals surface area contributed by atoms with Gasteiger partial charge in [-0.15, -0.1) is 0 Å². The van der Waals surface area contributed by atoms with Gasteiger partial charge in [-0.05, 0) is 24.6 Å². The second-order valence-electron chi connectivity index (χ2n) is 7.37. The summed E-state index contributed by atoms with van der Waals surface area (Å²) in [6.07, 6.45) is 15.8. The number of hydrogen-bond donors (Lipinski definition) is 1. The molecule has 5 heteroatoms. The largest absolute Gasteiger partial charge is 0.302 e. The van der Waals surface area contributed by atoms with Crippen LogP contribution < -0.4 is 10.3 Å². The average molecular weight is 408 g/mol. The Balaban J connectivity index is 1.64. The molecule has 0 fully saturated rings. The minimum Gasteiger partial charge on any atom is -0.302 e. The monoisotopic (exact) mass is 407 g/mol. The number of hydrogen-bond acceptors (Lipinski definition) is 4. The number of anilines is 1. The van der Waals surface area contributed by atoms with Crippen molar-refractivity contribution in [1.29, 1.82) is 0 Å². The van der Waals surface area contributed by atoms with E-state index in [4.69, 9.17) is 23.8 Å². The van der Waals surface area contributed by atoms with E-state index < -0.39 is 0 Å². The molecule has 0 spiro atoms. The third kappa shape index (κ3) is 7.79. The van der Waals surface area contributed by atoms with Gasteiger partial charge in [-0.3, -0.25) is 5.43 Å². The number of hydrazone groups is 1. The molecule has 0 saturated carbocycles. The van der Waals surface area contributed by atoms with E-state index in [0.717, 1.165) is 29.4 Å². The fourth-order valence-electron chi connectivity index (χ4n) is 3.56. The number of benzene rings is 1. The summed E-state index contributed by atoms with van der Waals surface area (Å²) >= 11 is 11.3. The summed E-state index contributed by atoms with van der Waals surface area (Å²) in [4.78, 5) is 2.16. The molecule has 27 heavy (non-hydrogen) atoms. The van der Waals surface area contributed by atoms with Crippen LogP contribution in [0.2, 0.25) is 5.02 Å². The summed E-state index contributed by atoms with van der Waals surface area (Å²) in [6.45, 7) is 2.27. The van der Waals surface area contributed by atoms with Crippen LogP contribution in [0.4, 0.5) is 5.69 Å². The van der Waals surface area contributed by atoms with Crippen molar-refractivity contribution in [3.8, 4) is 0 Å². The molecule has 0 saturated heterocycles. The highest BCUT2D eigenvalue weighted by atomic mass is 35.5. The highest BCUT2D eigenvalue weighted by Gasteiger charge is 2.26. The van der Waals surface area contributed by atoms with Crippen LogP contribution in [0.3, 0.4) is 0 Å². The molecular formula is C22H34ClN3S. The van der Waals surface area contributed by atoms with Crippen molar-refractivity contribution in [2.24, 2.45) is 5.10 Å². The number of rotatable bonds is 14. The SMILES string of the molecule is CCCCCCCCCCCCCC1=NNC(C=S)N1c1cccc(Cl)c1. The lowest BCUT2D eigenvalue weighted by Gasteiger charge is -2.24. The Morgan fingerprint density at radius 3 is 2.26 bits per heavy atom. The van der Waals surface area contributed by atoms with Crippen LogP contribution >= 0.6 is 23.8 Å². The van der Waals surface area contributed by atoms with Crippen molar-refractivity contribution >= 4 is 40.7 Å². The first-order chi connectivity index (χ1) is 13.3. The lowest BCUT2D eigenvalue weighted by Crippen LogP contribution is -2.41. The maximum absolute atomic E-state index is 6.16.